The third-order valence-corrected chi connectivity index (χ3v) is 3.80. The van der Waals surface area contributed by atoms with E-state index in [0.717, 1.165) is 4.90 Å². The Hall–Kier alpha value is -1.01. The third kappa shape index (κ3) is 3.98. The molecule has 0 saturated carbocycles. The Balaban J connectivity index is 2.29. The maximum absolute atomic E-state index is 6.11. The Morgan fingerprint density at radius 1 is 1.26 bits per heavy atom. The van der Waals surface area contributed by atoms with Gasteiger partial charge in [0, 0.05) is 23.1 Å². The van der Waals surface area contributed by atoms with E-state index in [-0.39, 0.29) is 0 Å². The van der Waals surface area contributed by atoms with E-state index in [4.69, 9.17) is 33.7 Å². The van der Waals surface area contributed by atoms with Gasteiger partial charge in [-0.1, -0.05) is 35.0 Å². The molecule has 100 valence electrons. The standard InChI is InChI=1S/C12H11Cl2N3OS/c1-18-6-11-16-10(15)5-12(17-11)19-9-4-7(13)2-3-8(9)14/h2-5H,6H2,1H3,(H2,15,16,17). The van der Waals surface area contributed by atoms with Gasteiger partial charge in [0.1, 0.15) is 17.5 Å². The van der Waals surface area contributed by atoms with Crippen LogP contribution in [0.3, 0.4) is 0 Å². The molecular formula is C12H11Cl2N3OS. The molecule has 1 aromatic heterocycles. The first-order valence-corrected chi connectivity index (χ1v) is 6.91. The molecule has 1 aromatic carbocycles. The van der Waals surface area contributed by atoms with Crippen LogP contribution in [0.15, 0.2) is 34.2 Å². The Labute approximate surface area is 125 Å². The quantitative estimate of drug-likeness (QED) is 0.872. The molecule has 0 radical (unpaired) electrons. The molecule has 0 aliphatic carbocycles. The van der Waals surface area contributed by atoms with Crippen LogP contribution in [0, 0.1) is 0 Å². The van der Waals surface area contributed by atoms with Crippen molar-refractivity contribution in [3.8, 4) is 0 Å². The molecule has 0 bridgehead atoms. The predicted octanol–water partition coefficient (Wildman–Crippen LogP) is 3.66. The van der Waals surface area contributed by atoms with Crippen molar-refractivity contribution in [2.75, 3.05) is 12.8 Å². The second-order valence-corrected chi connectivity index (χ2v) is 5.56. The Bertz CT molecular complexity index is 595. The lowest BCUT2D eigenvalue weighted by Crippen LogP contribution is -2.01. The molecule has 2 aromatic rings. The molecule has 7 heteroatoms. The van der Waals surface area contributed by atoms with E-state index in [2.05, 4.69) is 9.97 Å². The number of methoxy groups -OCH3 is 1. The molecule has 0 spiro atoms. The summed E-state index contributed by atoms with van der Waals surface area (Å²) < 4.78 is 4.99. The lowest BCUT2D eigenvalue weighted by Gasteiger charge is -2.06. The second kappa shape index (κ2) is 6.43. The zero-order valence-electron chi connectivity index (χ0n) is 10.1. The molecule has 0 saturated heterocycles. The molecule has 4 nitrogen and oxygen atoms in total. The summed E-state index contributed by atoms with van der Waals surface area (Å²) in [6, 6.07) is 6.94. The van der Waals surface area contributed by atoms with Gasteiger partial charge >= 0.3 is 0 Å². The van der Waals surface area contributed by atoms with Crippen molar-refractivity contribution in [2.45, 2.75) is 16.5 Å². The lowest BCUT2D eigenvalue weighted by molar-refractivity contribution is 0.177. The van der Waals surface area contributed by atoms with Gasteiger partial charge in [-0.15, -0.1) is 0 Å². The summed E-state index contributed by atoms with van der Waals surface area (Å²) in [5, 5.41) is 1.93. The van der Waals surface area contributed by atoms with Gasteiger partial charge in [0.05, 0.1) is 5.02 Å². The van der Waals surface area contributed by atoms with Gasteiger partial charge in [0.2, 0.25) is 0 Å². The molecule has 0 amide bonds. The van der Waals surface area contributed by atoms with Crippen LogP contribution in [0.25, 0.3) is 0 Å². The lowest BCUT2D eigenvalue weighted by atomic mass is 10.4. The van der Waals surface area contributed by atoms with E-state index in [1.54, 1.807) is 31.4 Å². The molecule has 19 heavy (non-hydrogen) atoms. The number of benzene rings is 1. The molecule has 0 atom stereocenters. The first-order chi connectivity index (χ1) is 9.08. The zero-order valence-corrected chi connectivity index (χ0v) is 12.4. The molecule has 2 N–H and O–H groups in total. The van der Waals surface area contributed by atoms with E-state index in [9.17, 15) is 0 Å². The second-order valence-electron chi connectivity index (χ2n) is 3.66. The highest BCUT2D eigenvalue weighted by atomic mass is 35.5. The summed E-state index contributed by atoms with van der Waals surface area (Å²) in [7, 11) is 1.58. The summed E-state index contributed by atoms with van der Waals surface area (Å²) in [4.78, 5) is 9.22. The number of ether oxygens (including phenoxy) is 1. The van der Waals surface area contributed by atoms with Crippen LogP contribution in [0.1, 0.15) is 5.82 Å². The Morgan fingerprint density at radius 2 is 2.05 bits per heavy atom. The molecule has 1 heterocycles. The summed E-state index contributed by atoms with van der Waals surface area (Å²) in [6.07, 6.45) is 0. The van der Waals surface area contributed by atoms with Gasteiger partial charge < -0.3 is 10.5 Å². The summed E-state index contributed by atoms with van der Waals surface area (Å²) in [5.74, 6) is 0.922. The van der Waals surface area contributed by atoms with Crippen LogP contribution in [-0.2, 0) is 11.3 Å². The maximum atomic E-state index is 6.11. The van der Waals surface area contributed by atoms with Crippen LogP contribution >= 0.6 is 35.0 Å². The highest BCUT2D eigenvalue weighted by Gasteiger charge is 2.08. The van der Waals surface area contributed by atoms with Gasteiger partial charge in [-0.25, -0.2) is 9.97 Å². The largest absolute Gasteiger partial charge is 0.384 e. The minimum Gasteiger partial charge on any atom is -0.384 e. The van der Waals surface area contributed by atoms with Crippen molar-refractivity contribution >= 4 is 40.8 Å². The van der Waals surface area contributed by atoms with Gasteiger partial charge in [-0.3, -0.25) is 0 Å². The molecule has 0 unspecified atom stereocenters. The maximum Gasteiger partial charge on any atom is 0.157 e. The zero-order chi connectivity index (χ0) is 13.8. The van der Waals surface area contributed by atoms with E-state index in [1.165, 1.54) is 11.8 Å². The number of rotatable bonds is 4. The van der Waals surface area contributed by atoms with Gasteiger partial charge in [-0.05, 0) is 18.2 Å². The first-order valence-electron chi connectivity index (χ1n) is 5.34. The number of hydrogen-bond acceptors (Lipinski definition) is 5. The SMILES string of the molecule is COCc1nc(N)cc(Sc2cc(Cl)ccc2Cl)n1. The average molecular weight is 316 g/mol. The number of nitrogens with two attached hydrogens (primary N) is 1. The number of halogens is 2. The molecule has 0 aliphatic heterocycles. The van der Waals surface area contributed by atoms with Crippen LogP contribution in [-0.4, -0.2) is 17.1 Å². The molecule has 2 rings (SSSR count). The van der Waals surface area contributed by atoms with Gasteiger partial charge in [0.25, 0.3) is 0 Å². The normalized spacial score (nSPS) is 10.7. The fourth-order valence-corrected chi connectivity index (χ4v) is 2.78. The minimum absolute atomic E-state index is 0.307. The van der Waals surface area contributed by atoms with Crippen molar-refractivity contribution in [3.05, 3.63) is 40.1 Å². The summed E-state index contributed by atoms with van der Waals surface area (Å²) in [5.41, 5.74) is 5.73. The van der Waals surface area contributed by atoms with Crippen LogP contribution in [0.4, 0.5) is 5.82 Å². The number of hydrogen-bond donors (Lipinski definition) is 1. The van der Waals surface area contributed by atoms with E-state index in [0.29, 0.717) is 33.3 Å². The number of aromatic nitrogens is 2. The highest BCUT2D eigenvalue weighted by molar-refractivity contribution is 7.99. The van der Waals surface area contributed by atoms with Crippen molar-refractivity contribution in [1.29, 1.82) is 0 Å². The van der Waals surface area contributed by atoms with Crippen LogP contribution in [0.5, 0.6) is 0 Å². The summed E-state index contributed by atoms with van der Waals surface area (Å²) in [6.45, 7) is 0.307. The minimum atomic E-state index is 0.307. The van der Waals surface area contributed by atoms with Gasteiger partial charge in [0.15, 0.2) is 5.82 Å². The van der Waals surface area contributed by atoms with Crippen molar-refractivity contribution in [2.24, 2.45) is 0 Å². The first kappa shape index (κ1) is 14.4. The molecule has 0 aliphatic rings. The summed E-state index contributed by atoms with van der Waals surface area (Å²) >= 11 is 13.4. The predicted molar refractivity (Wildman–Crippen MR) is 77.7 cm³/mol. The van der Waals surface area contributed by atoms with Crippen molar-refractivity contribution in [1.82, 2.24) is 9.97 Å². The highest BCUT2D eigenvalue weighted by Crippen LogP contribution is 2.34. The Morgan fingerprint density at radius 3 is 2.79 bits per heavy atom. The van der Waals surface area contributed by atoms with Gasteiger partial charge in [-0.2, -0.15) is 0 Å². The van der Waals surface area contributed by atoms with E-state index < -0.39 is 0 Å². The average Bonchev–Trinajstić information content (AvgIpc) is 2.33. The molecular weight excluding hydrogens is 305 g/mol. The van der Waals surface area contributed by atoms with Crippen molar-refractivity contribution in [3.63, 3.8) is 0 Å². The van der Waals surface area contributed by atoms with Crippen molar-refractivity contribution < 1.29 is 4.74 Å². The van der Waals surface area contributed by atoms with E-state index in [1.807, 2.05) is 0 Å². The number of nitrogens with zero attached hydrogens (tertiary/aromatic N) is 2. The van der Waals surface area contributed by atoms with Crippen LogP contribution < -0.4 is 5.73 Å². The molecule has 0 fully saturated rings. The smallest absolute Gasteiger partial charge is 0.157 e. The van der Waals surface area contributed by atoms with Crippen LogP contribution in [0.2, 0.25) is 10.0 Å². The van der Waals surface area contributed by atoms with E-state index >= 15 is 0 Å². The Kier molecular flexibility index (Phi) is 4.87. The number of nitrogen functional groups attached to an aromatic ring is 1. The monoisotopic (exact) mass is 315 g/mol. The fraction of sp³-hybridized carbons (Fsp3) is 0.167. The topological polar surface area (TPSA) is 61.0 Å². The number of anilines is 1. The fourth-order valence-electron chi connectivity index (χ4n) is 1.41. The third-order valence-electron chi connectivity index (χ3n) is 2.15.